The van der Waals surface area contributed by atoms with Crippen molar-refractivity contribution in [2.24, 2.45) is 10.1 Å². The Morgan fingerprint density at radius 3 is 2.56 bits per heavy atom. The molecule has 8 heteroatoms. The second-order valence-corrected chi connectivity index (χ2v) is 9.03. The van der Waals surface area contributed by atoms with E-state index < -0.39 is 5.91 Å². The van der Waals surface area contributed by atoms with Gasteiger partial charge in [-0.15, -0.1) is 0 Å². The maximum Gasteiger partial charge on any atom is 0.283 e. The van der Waals surface area contributed by atoms with Crippen LogP contribution in [0, 0.1) is 26.2 Å². The van der Waals surface area contributed by atoms with Gasteiger partial charge in [0, 0.05) is 17.0 Å². The van der Waals surface area contributed by atoms with Gasteiger partial charge in [0.25, 0.3) is 5.91 Å². The predicted octanol–water partition coefficient (Wildman–Crippen LogP) is 5.08. The summed E-state index contributed by atoms with van der Waals surface area (Å²) in [4.78, 5) is 17.2. The number of hydrazone groups is 1. The number of benzene rings is 2. The van der Waals surface area contributed by atoms with Crippen molar-refractivity contribution in [3.8, 4) is 11.4 Å². The third kappa shape index (κ3) is 3.56. The molecule has 2 aliphatic heterocycles. The van der Waals surface area contributed by atoms with Crippen LogP contribution in [0.15, 0.2) is 70.3 Å². The number of carbonyl (C=O) groups is 1. The van der Waals surface area contributed by atoms with E-state index >= 15 is 0 Å². The first-order valence-electron chi connectivity index (χ1n) is 10.8. The quantitative estimate of drug-likeness (QED) is 0.540. The average molecular weight is 470 g/mol. The molecule has 0 fully saturated rings. The Bertz CT molecular complexity index is 1450. The molecule has 7 nitrogen and oxygen atoms in total. The lowest BCUT2D eigenvalue weighted by Crippen LogP contribution is -2.35. The number of ether oxygens (including phenoxy) is 1. The molecule has 0 bridgehead atoms. The summed E-state index contributed by atoms with van der Waals surface area (Å²) in [6.45, 7) is 6.00. The summed E-state index contributed by atoms with van der Waals surface area (Å²) in [5, 5.41) is 15.9. The summed E-state index contributed by atoms with van der Waals surface area (Å²) in [5.74, 6) is 0.339. The van der Waals surface area contributed by atoms with Gasteiger partial charge in [0.2, 0.25) is 5.17 Å². The van der Waals surface area contributed by atoms with Gasteiger partial charge in [-0.05, 0) is 67.9 Å². The normalized spacial score (nSPS) is 16.6. The van der Waals surface area contributed by atoms with Gasteiger partial charge >= 0.3 is 0 Å². The van der Waals surface area contributed by atoms with Crippen molar-refractivity contribution in [1.29, 1.82) is 5.41 Å². The Kier molecular flexibility index (Phi) is 5.45. The number of para-hydroxylation sites is 2. The summed E-state index contributed by atoms with van der Waals surface area (Å²) >= 11 is 1.31. The van der Waals surface area contributed by atoms with Crippen molar-refractivity contribution in [3.63, 3.8) is 0 Å². The zero-order chi connectivity index (χ0) is 24.0. The van der Waals surface area contributed by atoms with E-state index in [1.165, 1.54) is 16.8 Å². The van der Waals surface area contributed by atoms with Crippen LogP contribution in [0.5, 0.6) is 5.75 Å². The first-order chi connectivity index (χ1) is 16.4. The molecule has 0 saturated heterocycles. The van der Waals surface area contributed by atoms with Crippen LogP contribution in [0.2, 0.25) is 0 Å². The zero-order valence-corrected chi connectivity index (χ0v) is 20.1. The fourth-order valence-corrected chi connectivity index (χ4v) is 5.17. The molecule has 2 aromatic carbocycles. The molecule has 0 unspecified atom stereocenters. The highest BCUT2D eigenvalue weighted by Crippen LogP contribution is 2.33. The molecule has 3 aromatic rings. The molecular weight excluding hydrogens is 446 g/mol. The van der Waals surface area contributed by atoms with Gasteiger partial charge in [-0.2, -0.15) is 15.1 Å². The molecule has 170 valence electrons. The maximum absolute atomic E-state index is 12.9. The van der Waals surface area contributed by atoms with E-state index in [-0.39, 0.29) is 11.4 Å². The molecule has 5 rings (SSSR count). The van der Waals surface area contributed by atoms with Gasteiger partial charge in [-0.25, -0.2) is 0 Å². The van der Waals surface area contributed by atoms with Crippen molar-refractivity contribution >= 4 is 39.8 Å². The van der Waals surface area contributed by atoms with Crippen LogP contribution in [0.4, 0.5) is 0 Å². The van der Waals surface area contributed by atoms with Gasteiger partial charge < -0.3 is 9.30 Å². The van der Waals surface area contributed by atoms with E-state index in [4.69, 9.17) is 10.1 Å². The van der Waals surface area contributed by atoms with E-state index in [1.54, 1.807) is 13.2 Å². The topological polar surface area (TPSA) is 83.0 Å². The number of amidine groups is 2. The Labute approximate surface area is 202 Å². The van der Waals surface area contributed by atoms with Crippen LogP contribution in [0.25, 0.3) is 11.8 Å². The lowest BCUT2D eigenvalue weighted by atomic mass is 10.1. The van der Waals surface area contributed by atoms with E-state index in [2.05, 4.69) is 14.7 Å². The van der Waals surface area contributed by atoms with Gasteiger partial charge in [0.15, 0.2) is 5.84 Å². The minimum Gasteiger partial charge on any atom is -0.495 e. The number of nitrogens with one attached hydrogen (secondary N) is 1. The first kappa shape index (κ1) is 21.9. The largest absolute Gasteiger partial charge is 0.495 e. The monoisotopic (exact) mass is 469 g/mol. The zero-order valence-electron chi connectivity index (χ0n) is 19.3. The third-order valence-corrected chi connectivity index (χ3v) is 6.87. The molecule has 0 saturated carbocycles. The minimum atomic E-state index is -0.438. The number of amides is 1. The number of carbonyl (C=O) groups excluding carboxylic acids is 1. The van der Waals surface area contributed by atoms with Crippen LogP contribution in [0.3, 0.4) is 0 Å². The number of aryl methyl sites for hydroxylation is 2. The smallest absolute Gasteiger partial charge is 0.283 e. The van der Waals surface area contributed by atoms with Crippen molar-refractivity contribution in [3.05, 3.63) is 88.2 Å². The van der Waals surface area contributed by atoms with Gasteiger partial charge in [0.05, 0.1) is 18.4 Å². The van der Waals surface area contributed by atoms with Gasteiger partial charge in [-0.1, -0.05) is 36.4 Å². The number of aromatic nitrogens is 1. The number of thioether (sulfide) groups is 1. The number of hydrogen-bond donors (Lipinski definition) is 1. The Hall–Kier alpha value is -3.91. The predicted molar refractivity (Wildman–Crippen MR) is 137 cm³/mol. The number of hydrogen-bond acceptors (Lipinski definition) is 5. The average Bonchev–Trinajstić information content (AvgIpc) is 3.37. The first-order valence-corrected chi connectivity index (χ1v) is 11.6. The molecule has 2 aliphatic rings. The fourth-order valence-electron chi connectivity index (χ4n) is 4.19. The molecule has 0 radical (unpaired) electrons. The highest BCUT2D eigenvalue weighted by Gasteiger charge is 2.36. The Balaban J connectivity index is 1.53. The van der Waals surface area contributed by atoms with Crippen LogP contribution >= 0.6 is 11.8 Å². The van der Waals surface area contributed by atoms with E-state index in [0.29, 0.717) is 5.17 Å². The van der Waals surface area contributed by atoms with Crippen LogP contribution in [-0.4, -0.2) is 38.6 Å². The Morgan fingerprint density at radius 2 is 1.79 bits per heavy atom. The molecular formula is C26H23N5O2S. The summed E-state index contributed by atoms with van der Waals surface area (Å²) in [7, 11) is 1.65. The summed E-state index contributed by atoms with van der Waals surface area (Å²) in [6.07, 6.45) is 1.73. The van der Waals surface area contributed by atoms with Crippen LogP contribution in [0.1, 0.15) is 28.1 Å². The molecule has 1 amide bonds. The van der Waals surface area contributed by atoms with E-state index in [9.17, 15) is 4.79 Å². The van der Waals surface area contributed by atoms with Crippen LogP contribution < -0.4 is 4.74 Å². The molecule has 1 aromatic heterocycles. The molecule has 0 atom stereocenters. The second-order valence-electron chi connectivity index (χ2n) is 8.07. The summed E-state index contributed by atoms with van der Waals surface area (Å²) in [5.41, 5.74) is 5.93. The lowest BCUT2D eigenvalue weighted by molar-refractivity contribution is -0.114. The van der Waals surface area contributed by atoms with Gasteiger partial charge in [0.1, 0.15) is 10.8 Å². The highest BCUT2D eigenvalue weighted by molar-refractivity contribution is 8.27. The number of methoxy groups -OCH3 is 1. The summed E-state index contributed by atoms with van der Waals surface area (Å²) < 4.78 is 7.62. The third-order valence-electron chi connectivity index (χ3n) is 5.93. The summed E-state index contributed by atoms with van der Waals surface area (Å²) in [6, 6.07) is 17.7. The van der Waals surface area contributed by atoms with Crippen molar-refractivity contribution < 1.29 is 9.53 Å². The molecule has 1 N–H and O–H groups in total. The standard InChI is InChI=1S/C26H23N5O2S/c1-15-9-5-6-10-19(15)25-29-31-23(27)20(24(32)28-26(31)34-25)14-18-13-16(2)30(17(18)3)21-11-7-8-12-22(21)33-4/h5-14,27H,1-4H3/b20-14+,27-23?. The Morgan fingerprint density at radius 1 is 1.06 bits per heavy atom. The van der Waals surface area contributed by atoms with Crippen molar-refractivity contribution in [2.75, 3.05) is 7.11 Å². The number of rotatable bonds is 4. The van der Waals surface area contributed by atoms with Gasteiger partial charge in [-0.3, -0.25) is 10.2 Å². The SMILES string of the molecule is COc1ccccc1-n1c(C)cc(/C=C2\C(=N)N3N=C(c4ccccc4C)SC3=NC2=O)c1C. The number of fused-ring (bicyclic) bond motifs is 1. The molecule has 3 heterocycles. The fraction of sp³-hybridized carbons (Fsp3) is 0.154. The lowest BCUT2D eigenvalue weighted by Gasteiger charge is -2.20. The highest BCUT2D eigenvalue weighted by atomic mass is 32.2. The van der Waals surface area contributed by atoms with E-state index in [1.807, 2.05) is 75.4 Å². The minimum absolute atomic E-state index is 0.0215. The van der Waals surface area contributed by atoms with Crippen LogP contribution in [-0.2, 0) is 4.79 Å². The second kappa shape index (κ2) is 8.46. The van der Waals surface area contributed by atoms with Crippen molar-refractivity contribution in [2.45, 2.75) is 20.8 Å². The number of nitrogens with zero attached hydrogens (tertiary/aromatic N) is 4. The van der Waals surface area contributed by atoms with E-state index in [0.717, 1.165) is 44.6 Å². The molecule has 0 aliphatic carbocycles. The number of aliphatic imine (C=N–C) groups is 1. The van der Waals surface area contributed by atoms with Crippen molar-refractivity contribution in [1.82, 2.24) is 9.58 Å². The maximum atomic E-state index is 12.9. The molecule has 34 heavy (non-hydrogen) atoms. The molecule has 0 spiro atoms.